The number of thiophene rings is 1. The summed E-state index contributed by atoms with van der Waals surface area (Å²) in [6.07, 6.45) is -3.84. The van der Waals surface area contributed by atoms with Crippen LogP contribution in [0.5, 0.6) is 11.5 Å². The van der Waals surface area contributed by atoms with Crippen molar-refractivity contribution >= 4 is 17.3 Å². The molecule has 0 bridgehead atoms. The number of ether oxygens (including phenoxy) is 2. The summed E-state index contributed by atoms with van der Waals surface area (Å²) in [7, 11) is 0. The van der Waals surface area contributed by atoms with Crippen molar-refractivity contribution in [1.82, 2.24) is 9.97 Å². The van der Waals surface area contributed by atoms with Crippen LogP contribution in [0.3, 0.4) is 0 Å². The van der Waals surface area contributed by atoms with Crippen LogP contribution in [0.2, 0.25) is 0 Å². The van der Waals surface area contributed by atoms with E-state index in [1.54, 1.807) is 30.3 Å². The number of aromatic nitrogens is 2. The zero-order valence-corrected chi connectivity index (χ0v) is 18.5. The lowest BCUT2D eigenvalue weighted by Gasteiger charge is -2.21. The van der Waals surface area contributed by atoms with Gasteiger partial charge in [-0.1, -0.05) is 0 Å². The lowest BCUT2D eigenvalue weighted by Crippen LogP contribution is -2.37. The Hall–Kier alpha value is -3.14. The van der Waals surface area contributed by atoms with E-state index in [-0.39, 0.29) is 11.9 Å². The molecule has 32 heavy (non-hydrogen) atoms. The van der Waals surface area contributed by atoms with Crippen molar-refractivity contribution < 1.29 is 32.5 Å². The molecule has 170 valence electrons. The van der Waals surface area contributed by atoms with Crippen LogP contribution in [0.15, 0.2) is 42.6 Å². The predicted molar refractivity (Wildman–Crippen MR) is 113 cm³/mol. The number of hydrogen-bond acceptors (Lipinski definition) is 6. The summed E-state index contributed by atoms with van der Waals surface area (Å²) in [6, 6.07) is 9.10. The van der Waals surface area contributed by atoms with Crippen molar-refractivity contribution in [3.63, 3.8) is 0 Å². The molecule has 0 radical (unpaired) electrons. The maximum absolute atomic E-state index is 13.0. The molecule has 2 heterocycles. The Morgan fingerprint density at radius 2 is 1.75 bits per heavy atom. The van der Waals surface area contributed by atoms with E-state index in [0.29, 0.717) is 16.4 Å². The Balaban J connectivity index is 1.75. The van der Waals surface area contributed by atoms with Crippen LogP contribution in [-0.4, -0.2) is 26.6 Å². The summed E-state index contributed by atoms with van der Waals surface area (Å²) >= 11 is 1.27. The number of nitrogens with zero attached hydrogens (tertiary/aromatic N) is 2. The van der Waals surface area contributed by atoms with E-state index in [1.807, 2.05) is 13.8 Å². The summed E-state index contributed by atoms with van der Waals surface area (Å²) < 4.78 is 50.3. The van der Waals surface area contributed by atoms with Crippen LogP contribution in [0, 0.1) is 6.92 Å². The summed E-state index contributed by atoms with van der Waals surface area (Å²) in [5.41, 5.74) is -1.51. The first-order valence-corrected chi connectivity index (χ1v) is 10.4. The fourth-order valence-corrected chi connectivity index (χ4v) is 3.92. The number of carboxylic acids is 1. The molecule has 1 unspecified atom stereocenters. The average molecular weight is 466 g/mol. The molecule has 3 rings (SSSR count). The molecular weight excluding hydrogens is 445 g/mol. The molecule has 0 aliphatic rings. The van der Waals surface area contributed by atoms with Crippen LogP contribution in [0.4, 0.5) is 13.2 Å². The first kappa shape index (κ1) is 23.5. The second-order valence-corrected chi connectivity index (χ2v) is 8.65. The lowest BCUT2D eigenvalue weighted by molar-refractivity contribution is -0.152. The van der Waals surface area contributed by atoms with Crippen LogP contribution in [0.1, 0.15) is 43.0 Å². The summed E-state index contributed by atoms with van der Waals surface area (Å²) in [5, 5.41) is 9.15. The van der Waals surface area contributed by atoms with Crippen molar-refractivity contribution in [1.29, 1.82) is 0 Å². The molecule has 0 amide bonds. The van der Waals surface area contributed by atoms with Gasteiger partial charge in [-0.15, -0.1) is 11.3 Å². The molecule has 6 nitrogen and oxygen atoms in total. The van der Waals surface area contributed by atoms with Gasteiger partial charge in [0.25, 0.3) is 0 Å². The van der Waals surface area contributed by atoms with E-state index in [9.17, 15) is 18.0 Å². The van der Waals surface area contributed by atoms with Gasteiger partial charge < -0.3 is 14.6 Å². The third kappa shape index (κ3) is 5.37. The summed E-state index contributed by atoms with van der Waals surface area (Å²) in [5.74, 6) is -0.162. The SMILES string of the molecule is Cc1cc(-c2nccc(C(F)(F)F)n2)sc1C(C)Oc1ccc(OC(C)(C)C(=O)O)cc1. The van der Waals surface area contributed by atoms with Crippen LogP contribution >= 0.6 is 11.3 Å². The second kappa shape index (κ2) is 8.78. The summed E-state index contributed by atoms with van der Waals surface area (Å²) in [4.78, 5) is 20.1. The standard InChI is InChI=1S/C22H21F3N2O4S/c1-12-11-16(19-26-10-9-17(27-19)22(23,24)25)32-18(12)13(2)30-14-5-7-15(8-6-14)31-21(3,4)20(28)29/h5-11,13H,1-4H3,(H,28,29). The van der Waals surface area contributed by atoms with Gasteiger partial charge in [0, 0.05) is 11.1 Å². The van der Waals surface area contributed by atoms with E-state index >= 15 is 0 Å². The molecule has 1 atom stereocenters. The highest BCUT2D eigenvalue weighted by atomic mass is 32.1. The first-order valence-electron chi connectivity index (χ1n) is 9.57. The number of hydrogen-bond donors (Lipinski definition) is 1. The van der Waals surface area contributed by atoms with Crippen molar-refractivity contribution in [2.24, 2.45) is 0 Å². The van der Waals surface area contributed by atoms with Crippen LogP contribution < -0.4 is 9.47 Å². The van der Waals surface area contributed by atoms with Gasteiger partial charge in [0.15, 0.2) is 11.4 Å². The quantitative estimate of drug-likeness (QED) is 0.466. The van der Waals surface area contributed by atoms with E-state index < -0.39 is 23.4 Å². The van der Waals surface area contributed by atoms with Gasteiger partial charge in [-0.25, -0.2) is 14.8 Å². The van der Waals surface area contributed by atoms with Crippen molar-refractivity contribution in [3.05, 3.63) is 58.7 Å². The molecule has 10 heteroatoms. The molecule has 1 aromatic carbocycles. The number of carboxylic acid groups (broad SMARTS) is 1. The van der Waals surface area contributed by atoms with Gasteiger partial charge in [-0.3, -0.25) is 0 Å². The average Bonchev–Trinajstić information content (AvgIpc) is 3.10. The Kier molecular flexibility index (Phi) is 6.45. The Bertz CT molecular complexity index is 1110. The minimum absolute atomic E-state index is 0.00826. The van der Waals surface area contributed by atoms with E-state index in [4.69, 9.17) is 14.6 Å². The minimum atomic E-state index is -4.54. The number of carbonyl (C=O) groups is 1. The highest BCUT2D eigenvalue weighted by molar-refractivity contribution is 7.15. The van der Waals surface area contributed by atoms with Crippen molar-refractivity contribution in [2.75, 3.05) is 0 Å². The number of benzene rings is 1. The normalized spacial score (nSPS) is 13.0. The Morgan fingerprint density at radius 3 is 2.34 bits per heavy atom. The molecule has 0 aliphatic heterocycles. The molecular formula is C22H21F3N2O4S. The van der Waals surface area contributed by atoms with E-state index in [2.05, 4.69) is 9.97 Å². The minimum Gasteiger partial charge on any atom is -0.485 e. The van der Waals surface area contributed by atoms with Crippen molar-refractivity contribution in [2.45, 2.75) is 45.6 Å². The largest absolute Gasteiger partial charge is 0.485 e. The number of aryl methyl sites for hydroxylation is 1. The highest BCUT2D eigenvalue weighted by Gasteiger charge is 2.33. The van der Waals surface area contributed by atoms with Gasteiger partial charge >= 0.3 is 12.1 Å². The maximum atomic E-state index is 13.0. The maximum Gasteiger partial charge on any atom is 0.433 e. The monoisotopic (exact) mass is 466 g/mol. The van der Waals surface area contributed by atoms with Crippen LogP contribution in [0.25, 0.3) is 10.7 Å². The van der Waals surface area contributed by atoms with Crippen molar-refractivity contribution in [3.8, 4) is 22.2 Å². The lowest BCUT2D eigenvalue weighted by atomic mass is 10.1. The predicted octanol–water partition coefficient (Wildman–Crippen LogP) is 5.91. The summed E-state index contributed by atoms with van der Waals surface area (Å²) in [6.45, 7) is 6.57. The fourth-order valence-electron chi connectivity index (χ4n) is 2.83. The molecule has 1 N–H and O–H groups in total. The van der Waals surface area contributed by atoms with E-state index in [1.165, 1.54) is 25.2 Å². The van der Waals surface area contributed by atoms with Gasteiger partial charge in [-0.2, -0.15) is 13.2 Å². The molecule has 0 saturated carbocycles. The Morgan fingerprint density at radius 1 is 1.12 bits per heavy atom. The van der Waals surface area contributed by atoms with Gasteiger partial charge in [-0.05, 0) is 69.7 Å². The molecule has 0 aliphatic carbocycles. The number of rotatable bonds is 7. The molecule has 2 aromatic heterocycles. The van der Waals surface area contributed by atoms with Gasteiger partial charge in [0.05, 0.1) is 4.88 Å². The number of halogens is 3. The van der Waals surface area contributed by atoms with Gasteiger partial charge in [0.1, 0.15) is 23.3 Å². The molecule has 3 aromatic rings. The first-order chi connectivity index (χ1) is 14.9. The second-order valence-electron chi connectivity index (χ2n) is 7.57. The fraction of sp³-hybridized carbons (Fsp3) is 0.318. The van der Waals surface area contributed by atoms with Crippen LogP contribution in [-0.2, 0) is 11.0 Å². The smallest absolute Gasteiger partial charge is 0.433 e. The number of aliphatic carboxylic acids is 1. The zero-order valence-electron chi connectivity index (χ0n) is 17.7. The third-order valence-corrected chi connectivity index (χ3v) is 5.91. The molecule has 0 fully saturated rings. The Labute approximate surface area is 186 Å². The topological polar surface area (TPSA) is 81.5 Å². The van der Waals surface area contributed by atoms with Gasteiger partial charge in [0.2, 0.25) is 0 Å². The molecule has 0 spiro atoms. The zero-order chi connectivity index (χ0) is 23.7. The number of alkyl halides is 3. The van der Waals surface area contributed by atoms with E-state index in [0.717, 1.165) is 22.7 Å². The third-order valence-electron chi connectivity index (χ3n) is 4.52. The highest BCUT2D eigenvalue weighted by Crippen LogP contribution is 2.36. The molecule has 0 saturated heterocycles.